The van der Waals surface area contributed by atoms with Crippen LogP contribution in [0.15, 0.2) is 24.3 Å². The molecule has 0 radical (unpaired) electrons. The Hall–Kier alpha value is -2.47. The predicted molar refractivity (Wildman–Crippen MR) is 93.7 cm³/mol. The second-order valence-corrected chi connectivity index (χ2v) is 6.12. The molecule has 0 atom stereocenters. The van der Waals surface area contributed by atoms with Gasteiger partial charge in [-0.3, -0.25) is 4.79 Å². The van der Waals surface area contributed by atoms with Gasteiger partial charge in [0.2, 0.25) is 5.95 Å². The number of aromatic nitrogens is 2. The maximum atomic E-state index is 12.6. The first-order valence-electron chi connectivity index (χ1n) is 8.09. The molecular weight excluding hydrogens is 304 g/mol. The van der Waals surface area contributed by atoms with Gasteiger partial charge >= 0.3 is 0 Å². The van der Waals surface area contributed by atoms with Crippen LogP contribution >= 0.6 is 0 Å². The maximum absolute atomic E-state index is 12.6. The lowest BCUT2D eigenvalue weighted by Gasteiger charge is -2.27. The second-order valence-electron chi connectivity index (χ2n) is 6.12. The third-order valence-corrected chi connectivity index (χ3v) is 3.85. The van der Waals surface area contributed by atoms with Crippen LogP contribution < -0.4 is 10.2 Å². The highest BCUT2D eigenvalue weighted by molar-refractivity contribution is 6.03. The topological polar surface area (TPSA) is 67.4 Å². The summed E-state index contributed by atoms with van der Waals surface area (Å²) in [6, 6.07) is 7.67. The monoisotopic (exact) mass is 326 g/mol. The molecule has 1 amide bonds. The summed E-state index contributed by atoms with van der Waals surface area (Å²) in [5.41, 5.74) is 4.15. The van der Waals surface area contributed by atoms with Crippen LogP contribution in [0, 0.1) is 20.8 Å². The molecule has 0 bridgehead atoms. The van der Waals surface area contributed by atoms with Crippen molar-refractivity contribution in [3.8, 4) is 0 Å². The van der Waals surface area contributed by atoms with E-state index in [0.717, 1.165) is 35.6 Å². The second kappa shape index (κ2) is 6.97. The first kappa shape index (κ1) is 16.4. The van der Waals surface area contributed by atoms with Crippen molar-refractivity contribution in [3.63, 3.8) is 0 Å². The summed E-state index contributed by atoms with van der Waals surface area (Å²) in [6.45, 7) is 8.67. The summed E-state index contributed by atoms with van der Waals surface area (Å²) in [5, 5.41) is 2.92. The minimum Gasteiger partial charge on any atom is -0.378 e. The molecule has 1 aliphatic rings. The third-order valence-electron chi connectivity index (χ3n) is 3.85. The van der Waals surface area contributed by atoms with Crippen LogP contribution in [0.4, 0.5) is 11.6 Å². The molecule has 2 aromatic rings. The van der Waals surface area contributed by atoms with Crippen LogP contribution in [-0.4, -0.2) is 42.2 Å². The number of benzene rings is 1. The van der Waals surface area contributed by atoms with Gasteiger partial charge < -0.3 is 15.0 Å². The Labute approximate surface area is 141 Å². The number of anilines is 2. The van der Waals surface area contributed by atoms with E-state index < -0.39 is 0 Å². The van der Waals surface area contributed by atoms with Crippen molar-refractivity contribution in [2.24, 2.45) is 0 Å². The standard InChI is InChI=1S/C18H22N4O2/c1-12-8-13(2)10-15(9-12)20-17(23)16-11-14(3)19-18(21-16)22-4-6-24-7-5-22/h8-11H,4-7H2,1-3H3,(H,20,23). The van der Waals surface area contributed by atoms with Gasteiger partial charge in [0.25, 0.3) is 5.91 Å². The van der Waals surface area contributed by atoms with E-state index in [2.05, 4.69) is 21.4 Å². The Morgan fingerprint density at radius 2 is 1.71 bits per heavy atom. The molecule has 1 N–H and O–H groups in total. The fraction of sp³-hybridized carbons (Fsp3) is 0.389. The Morgan fingerprint density at radius 1 is 1.04 bits per heavy atom. The summed E-state index contributed by atoms with van der Waals surface area (Å²) < 4.78 is 5.35. The van der Waals surface area contributed by atoms with Gasteiger partial charge in [-0.05, 0) is 50.1 Å². The number of nitrogens with one attached hydrogen (secondary N) is 1. The van der Waals surface area contributed by atoms with Crippen molar-refractivity contribution in [3.05, 3.63) is 46.8 Å². The highest BCUT2D eigenvalue weighted by Gasteiger charge is 2.17. The van der Waals surface area contributed by atoms with Gasteiger partial charge in [0.1, 0.15) is 5.69 Å². The minimum atomic E-state index is -0.222. The van der Waals surface area contributed by atoms with E-state index in [1.165, 1.54) is 0 Å². The summed E-state index contributed by atoms with van der Waals surface area (Å²) in [4.78, 5) is 23.5. The summed E-state index contributed by atoms with van der Waals surface area (Å²) in [6.07, 6.45) is 0. The van der Waals surface area contributed by atoms with E-state index >= 15 is 0 Å². The number of rotatable bonds is 3. The molecule has 2 heterocycles. The molecule has 0 spiro atoms. The van der Waals surface area contributed by atoms with Crippen molar-refractivity contribution in [2.75, 3.05) is 36.5 Å². The molecule has 1 aromatic heterocycles. The summed E-state index contributed by atoms with van der Waals surface area (Å²) in [7, 11) is 0. The molecule has 6 heteroatoms. The normalized spacial score (nSPS) is 14.5. The number of hydrogen-bond donors (Lipinski definition) is 1. The number of ether oxygens (including phenoxy) is 1. The summed E-state index contributed by atoms with van der Waals surface area (Å²) >= 11 is 0. The largest absolute Gasteiger partial charge is 0.378 e. The lowest BCUT2D eigenvalue weighted by Crippen LogP contribution is -2.37. The zero-order valence-electron chi connectivity index (χ0n) is 14.3. The van der Waals surface area contributed by atoms with E-state index in [9.17, 15) is 4.79 Å². The zero-order valence-corrected chi connectivity index (χ0v) is 14.3. The quantitative estimate of drug-likeness (QED) is 0.938. The van der Waals surface area contributed by atoms with Gasteiger partial charge in [-0.15, -0.1) is 0 Å². The molecule has 24 heavy (non-hydrogen) atoms. The molecule has 6 nitrogen and oxygen atoms in total. The molecule has 1 saturated heterocycles. The van der Waals surface area contributed by atoms with Gasteiger partial charge in [-0.25, -0.2) is 9.97 Å². The third kappa shape index (κ3) is 3.89. The van der Waals surface area contributed by atoms with Crippen LogP contribution in [0.25, 0.3) is 0 Å². The number of aryl methyl sites for hydroxylation is 3. The molecule has 1 fully saturated rings. The van der Waals surface area contributed by atoms with Crippen molar-refractivity contribution < 1.29 is 9.53 Å². The van der Waals surface area contributed by atoms with Crippen molar-refractivity contribution in [1.82, 2.24) is 9.97 Å². The van der Waals surface area contributed by atoms with Gasteiger partial charge in [-0.1, -0.05) is 6.07 Å². The Balaban J connectivity index is 1.82. The van der Waals surface area contributed by atoms with Crippen molar-refractivity contribution in [2.45, 2.75) is 20.8 Å². The smallest absolute Gasteiger partial charge is 0.274 e. The Bertz CT molecular complexity index is 734. The fourth-order valence-electron chi connectivity index (χ4n) is 2.82. The number of carbonyl (C=O) groups excluding carboxylic acids is 1. The number of carbonyl (C=O) groups is 1. The molecule has 126 valence electrons. The SMILES string of the molecule is Cc1cc(C)cc(NC(=O)c2cc(C)nc(N3CCOCC3)n2)c1. The lowest BCUT2D eigenvalue weighted by atomic mass is 10.1. The first-order chi connectivity index (χ1) is 11.5. The van der Waals surface area contributed by atoms with E-state index in [0.29, 0.717) is 24.9 Å². The predicted octanol–water partition coefficient (Wildman–Crippen LogP) is 2.49. The summed E-state index contributed by atoms with van der Waals surface area (Å²) in [5.74, 6) is 0.365. The maximum Gasteiger partial charge on any atom is 0.274 e. The molecule has 0 aliphatic carbocycles. The molecular formula is C18H22N4O2. The van der Waals surface area contributed by atoms with Gasteiger partial charge in [-0.2, -0.15) is 0 Å². The molecule has 0 unspecified atom stereocenters. The number of morpholine rings is 1. The van der Waals surface area contributed by atoms with Crippen LogP contribution in [0.3, 0.4) is 0 Å². The minimum absolute atomic E-state index is 0.222. The van der Waals surface area contributed by atoms with Crippen LogP contribution in [0.2, 0.25) is 0 Å². The zero-order chi connectivity index (χ0) is 17.1. The average molecular weight is 326 g/mol. The Morgan fingerprint density at radius 3 is 2.38 bits per heavy atom. The van der Waals surface area contributed by atoms with E-state index in [1.807, 2.05) is 37.8 Å². The van der Waals surface area contributed by atoms with Crippen LogP contribution in [-0.2, 0) is 4.74 Å². The molecule has 3 rings (SSSR count). The van der Waals surface area contributed by atoms with Gasteiger partial charge in [0.15, 0.2) is 0 Å². The van der Waals surface area contributed by atoms with Crippen molar-refractivity contribution in [1.29, 1.82) is 0 Å². The highest BCUT2D eigenvalue weighted by atomic mass is 16.5. The fourth-order valence-corrected chi connectivity index (χ4v) is 2.82. The first-order valence-corrected chi connectivity index (χ1v) is 8.09. The van der Waals surface area contributed by atoms with Crippen LogP contribution in [0.1, 0.15) is 27.3 Å². The molecule has 1 aromatic carbocycles. The van der Waals surface area contributed by atoms with E-state index in [-0.39, 0.29) is 5.91 Å². The number of nitrogens with zero attached hydrogens (tertiary/aromatic N) is 3. The number of hydrogen-bond acceptors (Lipinski definition) is 5. The number of amides is 1. The van der Waals surface area contributed by atoms with Crippen LogP contribution in [0.5, 0.6) is 0 Å². The van der Waals surface area contributed by atoms with E-state index in [4.69, 9.17) is 4.74 Å². The average Bonchev–Trinajstić information content (AvgIpc) is 2.54. The van der Waals surface area contributed by atoms with Gasteiger partial charge in [0.05, 0.1) is 13.2 Å². The van der Waals surface area contributed by atoms with Crippen molar-refractivity contribution >= 4 is 17.5 Å². The molecule has 0 saturated carbocycles. The Kier molecular flexibility index (Phi) is 4.76. The van der Waals surface area contributed by atoms with Gasteiger partial charge in [0, 0.05) is 24.5 Å². The highest BCUT2D eigenvalue weighted by Crippen LogP contribution is 2.16. The van der Waals surface area contributed by atoms with E-state index in [1.54, 1.807) is 6.07 Å². The lowest BCUT2D eigenvalue weighted by molar-refractivity contribution is 0.102. The molecule has 1 aliphatic heterocycles.